The minimum Gasteiger partial charge on any atom is -0.507 e. The molecule has 0 radical (unpaired) electrons. The fourth-order valence-corrected chi connectivity index (χ4v) is 3.18. The molecule has 1 fully saturated rings. The molecule has 7 heteroatoms. The molecule has 0 bridgehead atoms. The number of phenolic OH excluding ortho intramolecular Hbond substituents is 1. The number of nitrogens with zero attached hydrogens (tertiary/aromatic N) is 1. The van der Waals surface area contributed by atoms with E-state index in [0.717, 1.165) is 5.75 Å². The summed E-state index contributed by atoms with van der Waals surface area (Å²) in [5, 5.41) is 13.5. The number of benzene rings is 2. The molecule has 2 N–H and O–H groups in total. The molecule has 0 aliphatic carbocycles. The number of carbonyl (C=O) groups excluding carboxylic acids is 1. The van der Waals surface area contributed by atoms with Crippen molar-refractivity contribution < 1.29 is 14.6 Å². The van der Waals surface area contributed by atoms with Crippen LogP contribution in [0.15, 0.2) is 52.4 Å². The lowest BCUT2D eigenvalue weighted by Crippen LogP contribution is -2.19. The van der Waals surface area contributed by atoms with E-state index < -0.39 is 0 Å². The molecule has 1 heterocycles. The van der Waals surface area contributed by atoms with E-state index in [1.807, 2.05) is 31.2 Å². The molecular weight excluding hydrogens is 360 g/mol. The van der Waals surface area contributed by atoms with Gasteiger partial charge in [0, 0.05) is 10.6 Å². The van der Waals surface area contributed by atoms with E-state index >= 15 is 0 Å². The van der Waals surface area contributed by atoms with Gasteiger partial charge in [-0.3, -0.25) is 4.79 Å². The summed E-state index contributed by atoms with van der Waals surface area (Å²) in [4.78, 5) is 16.9. The van der Waals surface area contributed by atoms with E-state index in [0.29, 0.717) is 33.0 Å². The second-order valence-electron chi connectivity index (χ2n) is 5.11. The molecule has 2 aromatic carbocycles. The van der Waals surface area contributed by atoms with E-state index in [9.17, 15) is 9.90 Å². The van der Waals surface area contributed by atoms with Crippen molar-refractivity contribution in [2.75, 3.05) is 6.61 Å². The molecular formula is C18H15ClN2O3S. The van der Waals surface area contributed by atoms with Crippen LogP contribution in [0.4, 0.5) is 5.69 Å². The summed E-state index contributed by atoms with van der Waals surface area (Å²) >= 11 is 7.13. The number of amidine groups is 1. The summed E-state index contributed by atoms with van der Waals surface area (Å²) in [5.74, 6) is 0.558. The maximum Gasteiger partial charge on any atom is 0.264 e. The lowest BCUT2D eigenvalue weighted by molar-refractivity contribution is -0.115. The molecule has 2 aromatic rings. The first-order valence-corrected chi connectivity index (χ1v) is 8.75. The Morgan fingerprint density at radius 3 is 2.76 bits per heavy atom. The highest BCUT2D eigenvalue weighted by atomic mass is 35.5. The van der Waals surface area contributed by atoms with E-state index in [-0.39, 0.29) is 11.7 Å². The van der Waals surface area contributed by atoms with Gasteiger partial charge in [0.15, 0.2) is 5.17 Å². The number of hydrogen-bond donors (Lipinski definition) is 2. The molecule has 128 valence electrons. The van der Waals surface area contributed by atoms with Gasteiger partial charge in [0.25, 0.3) is 5.91 Å². The van der Waals surface area contributed by atoms with Gasteiger partial charge in [0.2, 0.25) is 0 Å². The van der Waals surface area contributed by atoms with Gasteiger partial charge in [0.05, 0.1) is 17.2 Å². The normalized spacial score (nSPS) is 17.1. The van der Waals surface area contributed by atoms with E-state index in [1.165, 1.54) is 17.8 Å². The van der Waals surface area contributed by atoms with Crippen molar-refractivity contribution >= 4 is 46.2 Å². The Morgan fingerprint density at radius 2 is 2.04 bits per heavy atom. The van der Waals surface area contributed by atoms with Gasteiger partial charge in [-0.05, 0) is 67.2 Å². The Bertz CT molecular complexity index is 863. The molecule has 0 atom stereocenters. The van der Waals surface area contributed by atoms with Crippen molar-refractivity contribution in [3.63, 3.8) is 0 Å². The van der Waals surface area contributed by atoms with Crippen molar-refractivity contribution in [1.29, 1.82) is 0 Å². The van der Waals surface area contributed by atoms with Crippen molar-refractivity contribution in [2.24, 2.45) is 4.99 Å². The highest BCUT2D eigenvalue weighted by Crippen LogP contribution is 2.31. The zero-order chi connectivity index (χ0) is 17.8. The van der Waals surface area contributed by atoms with Gasteiger partial charge in [-0.15, -0.1) is 0 Å². The van der Waals surface area contributed by atoms with Crippen LogP contribution in [-0.2, 0) is 4.79 Å². The number of nitrogens with one attached hydrogen (secondary N) is 1. The number of phenols is 1. The van der Waals surface area contributed by atoms with Crippen LogP contribution < -0.4 is 10.1 Å². The van der Waals surface area contributed by atoms with Gasteiger partial charge in [0.1, 0.15) is 11.5 Å². The van der Waals surface area contributed by atoms with Gasteiger partial charge in [-0.1, -0.05) is 11.6 Å². The standard InChI is InChI=1S/C18H15ClN2O3S/c1-2-24-14-6-4-13(5-7-14)20-18-21-17(23)16(25-18)10-11-9-12(19)3-8-15(11)22/h3-10,22H,2H2,1H3,(H,20,21,23)/b16-10+. The van der Waals surface area contributed by atoms with Crippen LogP contribution in [0.25, 0.3) is 6.08 Å². The van der Waals surface area contributed by atoms with Gasteiger partial charge in [-0.2, -0.15) is 0 Å². The third kappa shape index (κ3) is 4.35. The topological polar surface area (TPSA) is 70.9 Å². The zero-order valence-electron chi connectivity index (χ0n) is 13.3. The van der Waals surface area contributed by atoms with Gasteiger partial charge >= 0.3 is 0 Å². The Kier molecular flexibility index (Phi) is 5.31. The molecule has 0 unspecified atom stereocenters. The largest absolute Gasteiger partial charge is 0.507 e. The zero-order valence-corrected chi connectivity index (χ0v) is 14.9. The van der Waals surface area contributed by atoms with Crippen LogP contribution in [0.2, 0.25) is 5.02 Å². The van der Waals surface area contributed by atoms with Crippen molar-refractivity contribution in [3.8, 4) is 11.5 Å². The fraction of sp³-hybridized carbons (Fsp3) is 0.111. The summed E-state index contributed by atoms with van der Waals surface area (Å²) in [5.41, 5.74) is 1.19. The van der Waals surface area contributed by atoms with E-state index in [1.54, 1.807) is 18.2 Å². The van der Waals surface area contributed by atoms with Crippen LogP contribution >= 0.6 is 23.4 Å². The first-order chi connectivity index (χ1) is 12.0. The third-order valence-electron chi connectivity index (χ3n) is 3.31. The smallest absolute Gasteiger partial charge is 0.264 e. The number of carbonyl (C=O) groups is 1. The Morgan fingerprint density at radius 1 is 1.28 bits per heavy atom. The molecule has 0 saturated carbocycles. The molecule has 5 nitrogen and oxygen atoms in total. The quantitative estimate of drug-likeness (QED) is 0.781. The summed E-state index contributed by atoms with van der Waals surface area (Å²) in [6, 6.07) is 11.9. The predicted molar refractivity (Wildman–Crippen MR) is 102 cm³/mol. The second-order valence-corrected chi connectivity index (χ2v) is 6.58. The average Bonchev–Trinajstić information content (AvgIpc) is 2.92. The molecule has 1 saturated heterocycles. The minimum atomic E-state index is -0.269. The maximum absolute atomic E-state index is 12.1. The highest BCUT2D eigenvalue weighted by molar-refractivity contribution is 8.18. The Labute approximate surface area is 154 Å². The van der Waals surface area contributed by atoms with Gasteiger partial charge < -0.3 is 15.2 Å². The third-order valence-corrected chi connectivity index (χ3v) is 4.45. The molecule has 25 heavy (non-hydrogen) atoms. The van der Waals surface area contributed by atoms with E-state index in [2.05, 4.69) is 10.3 Å². The molecule has 1 amide bonds. The average molecular weight is 375 g/mol. The number of halogens is 1. The first kappa shape index (κ1) is 17.4. The van der Waals surface area contributed by atoms with Crippen molar-refractivity contribution in [3.05, 3.63) is 58.0 Å². The lowest BCUT2D eigenvalue weighted by Gasteiger charge is -2.02. The maximum atomic E-state index is 12.1. The highest BCUT2D eigenvalue weighted by Gasteiger charge is 2.24. The first-order valence-electron chi connectivity index (χ1n) is 7.56. The summed E-state index contributed by atoms with van der Waals surface area (Å²) in [7, 11) is 0. The number of aliphatic imine (C=N–C) groups is 1. The number of amides is 1. The Balaban J connectivity index is 1.79. The summed E-state index contributed by atoms with van der Waals surface area (Å²) < 4.78 is 5.39. The minimum absolute atomic E-state index is 0.0576. The SMILES string of the molecule is CCOc1ccc(N=C2NC(=O)/C(=C\c3cc(Cl)ccc3O)S2)cc1. The predicted octanol–water partition coefficient (Wildman–Crippen LogP) is 4.34. The van der Waals surface area contributed by atoms with Gasteiger partial charge in [-0.25, -0.2) is 4.99 Å². The van der Waals surface area contributed by atoms with Crippen LogP contribution in [0.1, 0.15) is 12.5 Å². The Hall–Kier alpha value is -2.44. The summed E-state index contributed by atoms with van der Waals surface area (Å²) in [6.07, 6.45) is 1.59. The number of aromatic hydroxyl groups is 1. The monoisotopic (exact) mass is 374 g/mol. The molecule has 0 aromatic heterocycles. The fourth-order valence-electron chi connectivity index (χ4n) is 2.16. The van der Waals surface area contributed by atoms with Crippen LogP contribution in [0.5, 0.6) is 11.5 Å². The second kappa shape index (κ2) is 7.63. The number of hydrogen-bond acceptors (Lipinski definition) is 5. The molecule has 0 spiro atoms. The van der Waals surface area contributed by atoms with Crippen molar-refractivity contribution in [1.82, 2.24) is 5.32 Å². The van der Waals surface area contributed by atoms with Crippen molar-refractivity contribution in [2.45, 2.75) is 6.92 Å². The number of thioether (sulfide) groups is 1. The number of rotatable bonds is 4. The van der Waals surface area contributed by atoms with Crippen LogP contribution in [0, 0.1) is 0 Å². The van der Waals surface area contributed by atoms with Crippen LogP contribution in [0.3, 0.4) is 0 Å². The van der Waals surface area contributed by atoms with Crippen LogP contribution in [-0.4, -0.2) is 22.8 Å². The summed E-state index contributed by atoms with van der Waals surface area (Å²) in [6.45, 7) is 2.52. The molecule has 1 aliphatic rings. The van der Waals surface area contributed by atoms with E-state index in [4.69, 9.17) is 16.3 Å². The molecule has 3 rings (SSSR count). The number of ether oxygens (including phenoxy) is 1. The molecule has 1 aliphatic heterocycles. The lowest BCUT2D eigenvalue weighted by atomic mass is 10.2.